The van der Waals surface area contributed by atoms with Crippen molar-refractivity contribution >= 4 is 12.0 Å². The van der Waals surface area contributed by atoms with Crippen LogP contribution in [-0.2, 0) is 9.53 Å². The summed E-state index contributed by atoms with van der Waals surface area (Å²) in [4.78, 5) is 23.6. The number of carboxylic acids is 1. The summed E-state index contributed by atoms with van der Waals surface area (Å²) in [5.41, 5.74) is 0. The zero-order chi connectivity index (χ0) is 13.0. The minimum absolute atomic E-state index is 0.150. The van der Waals surface area contributed by atoms with E-state index in [4.69, 9.17) is 9.84 Å². The first-order chi connectivity index (χ1) is 7.93. The monoisotopic (exact) mass is 244 g/mol. The second kappa shape index (κ2) is 5.86. The third kappa shape index (κ3) is 3.59. The predicted octanol–water partition coefficient (Wildman–Crippen LogP) is 0.526. The molecule has 0 radical (unpaired) electrons. The van der Waals surface area contributed by atoms with E-state index in [0.717, 1.165) is 13.0 Å². The van der Waals surface area contributed by atoms with Crippen LogP contribution in [0.2, 0.25) is 0 Å². The summed E-state index contributed by atoms with van der Waals surface area (Å²) in [7, 11) is 1.47. The van der Waals surface area contributed by atoms with Gasteiger partial charge in [0.2, 0.25) is 0 Å². The highest BCUT2D eigenvalue weighted by Gasteiger charge is 2.26. The molecule has 2 amide bonds. The molecule has 1 fully saturated rings. The van der Waals surface area contributed by atoms with Crippen LogP contribution in [0.3, 0.4) is 0 Å². The number of rotatable bonds is 4. The zero-order valence-corrected chi connectivity index (χ0v) is 10.5. The number of aliphatic carboxylic acids is 1. The predicted molar refractivity (Wildman–Crippen MR) is 61.8 cm³/mol. The largest absolute Gasteiger partial charge is 0.480 e. The first-order valence-electron chi connectivity index (χ1n) is 5.78. The van der Waals surface area contributed by atoms with Crippen molar-refractivity contribution in [2.75, 3.05) is 20.2 Å². The third-order valence-corrected chi connectivity index (χ3v) is 3.31. The van der Waals surface area contributed by atoms with E-state index in [1.807, 2.05) is 6.92 Å². The summed E-state index contributed by atoms with van der Waals surface area (Å²) in [6, 6.07) is -1.19. The second-order valence-electron chi connectivity index (χ2n) is 4.44. The summed E-state index contributed by atoms with van der Waals surface area (Å²) in [5, 5.41) is 11.5. The fraction of sp³-hybridized carbons (Fsp3) is 0.818. The molecular weight excluding hydrogens is 224 g/mol. The molecule has 98 valence electrons. The minimum Gasteiger partial charge on any atom is -0.480 e. The molecule has 6 heteroatoms. The molecule has 6 nitrogen and oxygen atoms in total. The Bertz CT molecular complexity index is 295. The highest BCUT2D eigenvalue weighted by atomic mass is 16.5. The number of hydrogen-bond donors (Lipinski definition) is 2. The maximum Gasteiger partial charge on any atom is 0.326 e. The van der Waals surface area contributed by atoms with E-state index in [2.05, 4.69) is 5.32 Å². The van der Waals surface area contributed by atoms with E-state index >= 15 is 0 Å². The van der Waals surface area contributed by atoms with Crippen molar-refractivity contribution in [1.29, 1.82) is 0 Å². The SMILES string of the molecule is CC1OCCC1CNC(=O)N(C)C(C)C(=O)O. The Morgan fingerprint density at radius 2 is 2.24 bits per heavy atom. The van der Waals surface area contributed by atoms with E-state index in [0.29, 0.717) is 12.5 Å². The van der Waals surface area contributed by atoms with Crippen LogP contribution in [0.25, 0.3) is 0 Å². The average Bonchev–Trinajstić information content (AvgIpc) is 2.69. The number of ether oxygens (including phenoxy) is 1. The standard InChI is InChI=1S/C11H20N2O4/c1-7(10(14)15)13(3)11(16)12-6-9-4-5-17-8(9)2/h7-9H,4-6H2,1-3H3,(H,12,16)(H,14,15). The summed E-state index contributed by atoms with van der Waals surface area (Å²) in [6.07, 6.45) is 1.08. The summed E-state index contributed by atoms with van der Waals surface area (Å²) in [5.74, 6) is -0.701. The number of nitrogens with zero attached hydrogens (tertiary/aromatic N) is 1. The van der Waals surface area contributed by atoms with Gasteiger partial charge in [0.1, 0.15) is 6.04 Å². The lowest BCUT2D eigenvalue weighted by molar-refractivity contribution is -0.141. The molecule has 0 aromatic heterocycles. The van der Waals surface area contributed by atoms with Crippen molar-refractivity contribution in [3.8, 4) is 0 Å². The van der Waals surface area contributed by atoms with Gasteiger partial charge < -0.3 is 20.1 Å². The van der Waals surface area contributed by atoms with Crippen LogP contribution in [0.15, 0.2) is 0 Å². The lowest BCUT2D eigenvalue weighted by atomic mass is 10.0. The number of nitrogens with one attached hydrogen (secondary N) is 1. The maximum atomic E-state index is 11.7. The van der Waals surface area contributed by atoms with Gasteiger partial charge in [0.25, 0.3) is 0 Å². The molecule has 17 heavy (non-hydrogen) atoms. The molecule has 0 saturated carbocycles. The normalized spacial score (nSPS) is 25.4. The van der Waals surface area contributed by atoms with Gasteiger partial charge in [0, 0.05) is 26.1 Å². The Balaban J connectivity index is 2.36. The lowest BCUT2D eigenvalue weighted by Crippen LogP contribution is -2.47. The van der Waals surface area contributed by atoms with E-state index in [1.54, 1.807) is 0 Å². The second-order valence-corrected chi connectivity index (χ2v) is 4.44. The van der Waals surface area contributed by atoms with Crippen LogP contribution < -0.4 is 5.32 Å². The lowest BCUT2D eigenvalue weighted by Gasteiger charge is -2.23. The van der Waals surface area contributed by atoms with Gasteiger partial charge in [-0.25, -0.2) is 9.59 Å². The first-order valence-corrected chi connectivity index (χ1v) is 5.78. The molecule has 1 heterocycles. The zero-order valence-electron chi connectivity index (χ0n) is 10.5. The van der Waals surface area contributed by atoms with E-state index < -0.39 is 12.0 Å². The van der Waals surface area contributed by atoms with Crippen LogP contribution in [0.4, 0.5) is 4.79 Å². The first kappa shape index (κ1) is 13.8. The fourth-order valence-corrected chi connectivity index (χ4v) is 1.73. The van der Waals surface area contributed by atoms with Crippen LogP contribution in [0, 0.1) is 5.92 Å². The Hall–Kier alpha value is -1.30. The van der Waals surface area contributed by atoms with E-state index in [9.17, 15) is 9.59 Å². The quantitative estimate of drug-likeness (QED) is 0.756. The highest BCUT2D eigenvalue weighted by Crippen LogP contribution is 2.19. The van der Waals surface area contributed by atoms with Crippen molar-refractivity contribution in [3.05, 3.63) is 0 Å². The fourth-order valence-electron chi connectivity index (χ4n) is 1.73. The van der Waals surface area contributed by atoms with Crippen molar-refractivity contribution in [2.45, 2.75) is 32.4 Å². The van der Waals surface area contributed by atoms with Crippen LogP contribution >= 0.6 is 0 Å². The Morgan fingerprint density at radius 1 is 1.59 bits per heavy atom. The smallest absolute Gasteiger partial charge is 0.326 e. The topological polar surface area (TPSA) is 78.9 Å². The molecule has 2 N–H and O–H groups in total. The number of hydrogen-bond acceptors (Lipinski definition) is 3. The molecule has 0 bridgehead atoms. The molecule has 3 atom stereocenters. The van der Waals surface area contributed by atoms with Gasteiger partial charge in [-0.05, 0) is 20.3 Å². The van der Waals surface area contributed by atoms with Crippen molar-refractivity contribution < 1.29 is 19.4 Å². The minimum atomic E-state index is -1.01. The van der Waals surface area contributed by atoms with Gasteiger partial charge in [0.15, 0.2) is 0 Å². The number of carbonyl (C=O) groups excluding carboxylic acids is 1. The molecule has 3 unspecified atom stereocenters. The third-order valence-electron chi connectivity index (χ3n) is 3.31. The van der Waals surface area contributed by atoms with E-state index in [-0.39, 0.29) is 12.1 Å². The van der Waals surface area contributed by atoms with Gasteiger partial charge in [-0.2, -0.15) is 0 Å². The molecule has 1 aliphatic rings. The van der Waals surface area contributed by atoms with Gasteiger partial charge in [-0.15, -0.1) is 0 Å². The maximum absolute atomic E-state index is 11.7. The molecule has 0 aromatic rings. The van der Waals surface area contributed by atoms with Crippen LogP contribution in [0.1, 0.15) is 20.3 Å². The summed E-state index contributed by atoms with van der Waals surface area (Å²) >= 11 is 0. The van der Waals surface area contributed by atoms with Gasteiger partial charge >= 0.3 is 12.0 Å². The molecular formula is C11H20N2O4. The molecule has 1 rings (SSSR count). The number of carbonyl (C=O) groups is 2. The van der Waals surface area contributed by atoms with Crippen LogP contribution in [-0.4, -0.2) is 54.4 Å². The Morgan fingerprint density at radius 3 is 2.71 bits per heavy atom. The molecule has 1 saturated heterocycles. The number of likely N-dealkylation sites (N-methyl/N-ethyl adjacent to an activating group) is 1. The molecule has 0 aromatic carbocycles. The van der Waals surface area contributed by atoms with E-state index in [1.165, 1.54) is 18.9 Å². The molecule has 0 spiro atoms. The van der Waals surface area contributed by atoms with Gasteiger partial charge in [0.05, 0.1) is 6.10 Å². The Labute approximate surface area is 101 Å². The summed E-state index contributed by atoms with van der Waals surface area (Å²) in [6.45, 7) is 4.70. The highest BCUT2D eigenvalue weighted by molar-refractivity contribution is 5.82. The Kier molecular flexibility index (Phi) is 4.74. The van der Waals surface area contributed by atoms with Gasteiger partial charge in [-0.1, -0.05) is 0 Å². The van der Waals surface area contributed by atoms with Gasteiger partial charge in [-0.3, -0.25) is 0 Å². The number of urea groups is 1. The van der Waals surface area contributed by atoms with Crippen molar-refractivity contribution in [2.24, 2.45) is 5.92 Å². The van der Waals surface area contributed by atoms with Crippen LogP contribution in [0.5, 0.6) is 0 Å². The molecule has 1 aliphatic heterocycles. The van der Waals surface area contributed by atoms with Crippen molar-refractivity contribution in [3.63, 3.8) is 0 Å². The molecule has 0 aliphatic carbocycles. The van der Waals surface area contributed by atoms with Crippen molar-refractivity contribution in [1.82, 2.24) is 10.2 Å². The number of carboxylic acid groups (broad SMARTS) is 1. The average molecular weight is 244 g/mol. The summed E-state index contributed by atoms with van der Waals surface area (Å²) < 4.78 is 5.38. The number of amides is 2.